The van der Waals surface area contributed by atoms with E-state index in [9.17, 15) is 13.6 Å². The molecule has 0 spiro atoms. The predicted molar refractivity (Wildman–Crippen MR) is 67.2 cm³/mol. The third-order valence-electron chi connectivity index (χ3n) is 2.14. The Labute approximate surface area is 117 Å². The summed E-state index contributed by atoms with van der Waals surface area (Å²) >= 11 is 8.81. The van der Waals surface area contributed by atoms with Crippen molar-refractivity contribution in [2.45, 2.75) is 25.1 Å². The van der Waals surface area contributed by atoms with E-state index in [0.717, 1.165) is 0 Å². The summed E-state index contributed by atoms with van der Waals surface area (Å²) in [5.74, 6) is -0.466. The first kappa shape index (κ1) is 15.3. The number of hydrogen-bond acceptors (Lipinski definition) is 3. The summed E-state index contributed by atoms with van der Waals surface area (Å²) in [6.45, 7) is 1.94. The number of esters is 1. The normalized spacial score (nSPS) is 10.8. The van der Waals surface area contributed by atoms with Crippen LogP contribution in [0.4, 0.5) is 8.78 Å². The van der Waals surface area contributed by atoms with Crippen molar-refractivity contribution in [1.82, 2.24) is 4.98 Å². The summed E-state index contributed by atoms with van der Waals surface area (Å²) in [6, 6.07) is 1.43. The molecule has 1 rings (SSSR count). The molecule has 0 bridgehead atoms. The zero-order valence-corrected chi connectivity index (χ0v) is 11.9. The van der Waals surface area contributed by atoms with Crippen LogP contribution in [0.5, 0.6) is 0 Å². The minimum Gasteiger partial charge on any atom is -0.466 e. The molecule has 0 aliphatic carbocycles. The molecule has 1 heterocycles. The number of alkyl halides is 3. The molecule has 0 fully saturated rings. The minimum absolute atomic E-state index is 0.0862. The molecule has 0 aliphatic heterocycles. The second-order valence-corrected chi connectivity index (χ2v) is 4.31. The highest BCUT2D eigenvalue weighted by Gasteiger charge is 2.20. The van der Waals surface area contributed by atoms with Gasteiger partial charge < -0.3 is 4.74 Å². The number of carbonyl (C=O) groups excluding carboxylic acids is 1. The van der Waals surface area contributed by atoms with Gasteiger partial charge in [-0.2, -0.15) is 0 Å². The smallest absolute Gasteiger partial charge is 0.311 e. The maximum absolute atomic E-state index is 12.8. The van der Waals surface area contributed by atoms with E-state index in [0.29, 0.717) is 11.3 Å². The molecule has 3 nitrogen and oxygen atoms in total. The predicted octanol–water partition coefficient (Wildman–Crippen LogP) is 3.67. The van der Waals surface area contributed by atoms with E-state index in [4.69, 9.17) is 16.3 Å². The summed E-state index contributed by atoms with van der Waals surface area (Å²) in [4.78, 5) is 15.1. The van der Waals surface area contributed by atoms with Crippen LogP contribution in [0.2, 0.25) is 5.15 Å². The van der Waals surface area contributed by atoms with Crippen molar-refractivity contribution < 1.29 is 18.3 Å². The van der Waals surface area contributed by atoms with E-state index in [1.165, 1.54) is 6.07 Å². The highest BCUT2D eigenvalue weighted by atomic mass is 79.9. The Morgan fingerprint density at radius 3 is 2.78 bits per heavy atom. The number of rotatable bonds is 5. The van der Waals surface area contributed by atoms with E-state index in [-0.39, 0.29) is 29.1 Å². The van der Waals surface area contributed by atoms with E-state index in [2.05, 4.69) is 20.9 Å². The first-order valence-corrected chi connectivity index (χ1v) is 6.67. The average molecular weight is 343 g/mol. The topological polar surface area (TPSA) is 39.2 Å². The fourth-order valence-corrected chi connectivity index (χ4v) is 2.20. The molecule has 0 aromatic carbocycles. The fourth-order valence-electron chi connectivity index (χ4n) is 1.42. The first-order valence-electron chi connectivity index (χ1n) is 5.17. The Morgan fingerprint density at radius 1 is 1.61 bits per heavy atom. The second-order valence-electron chi connectivity index (χ2n) is 3.39. The summed E-state index contributed by atoms with van der Waals surface area (Å²) < 4.78 is 30.3. The standard InChI is InChI=1S/C11H11BrClF2NO2/c1-2-18-8(17)4-7-3-6(5-12)9(11(14)15)10(13)16-7/h3,11H,2,4-5H2,1H3. The lowest BCUT2D eigenvalue weighted by molar-refractivity contribution is -0.142. The molecular formula is C11H11BrClF2NO2. The van der Waals surface area contributed by atoms with Gasteiger partial charge in [0.1, 0.15) is 5.15 Å². The molecular weight excluding hydrogens is 331 g/mol. The van der Waals surface area contributed by atoms with Crippen molar-refractivity contribution in [3.8, 4) is 0 Å². The van der Waals surface area contributed by atoms with Gasteiger partial charge in [-0.25, -0.2) is 13.8 Å². The molecule has 18 heavy (non-hydrogen) atoms. The van der Waals surface area contributed by atoms with Gasteiger partial charge in [0.25, 0.3) is 6.43 Å². The van der Waals surface area contributed by atoms with E-state index < -0.39 is 12.4 Å². The maximum atomic E-state index is 12.8. The van der Waals surface area contributed by atoms with Crippen LogP contribution in [-0.2, 0) is 21.3 Å². The molecule has 7 heteroatoms. The molecule has 1 aromatic heterocycles. The lowest BCUT2D eigenvalue weighted by Crippen LogP contribution is -2.10. The zero-order valence-electron chi connectivity index (χ0n) is 9.55. The van der Waals surface area contributed by atoms with Crippen molar-refractivity contribution in [1.29, 1.82) is 0 Å². The Kier molecular flexibility index (Phi) is 5.95. The molecule has 0 saturated heterocycles. The monoisotopic (exact) mass is 341 g/mol. The molecule has 0 N–H and O–H groups in total. The summed E-state index contributed by atoms with van der Waals surface area (Å²) in [5.41, 5.74) is 0.336. The van der Waals surface area contributed by atoms with Gasteiger partial charge in [-0.05, 0) is 18.6 Å². The van der Waals surface area contributed by atoms with Crippen LogP contribution in [0.1, 0.15) is 30.2 Å². The third kappa shape index (κ3) is 3.88. The van der Waals surface area contributed by atoms with E-state index >= 15 is 0 Å². The second kappa shape index (κ2) is 6.99. The molecule has 0 saturated carbocycles. The van der Waals surface area contributed by atoms with Gasteiger partial charge in [0.2, 0.25) is 0 Å². The van der Waals surface area contributed by atoms with Gasteiger partial charge in [0.15, 0.2) is 0 Å². The van der Waals surface area contributed by atoms with Crippen molar-refractivity contribution in [2.24, 2.45) is 0 Å². The number of hydrogen-bond donors (Lipinski definition) is 0. The molecule has 0 aliphatic rings. The van der Waals surface area contributed by atoms with Crippen molar-refractivity contribution in [3.05, 3.63) is 28.0 Å². The maximum Gasteiger partial charge on any atom is 0.311 e. The van der Waals surface area contributed by atoms with Crippen molar-refractivity contribution in [2.75, 3.05) is 6.61 Å². The van der Waals surface area contributed by atoms with Crippen LogP contribution >= 0.6 is 27.5 Å². The van der Waals surface area contributed by atoms with Gasteiger partial charge in [0.05, 0.1) is 24.3 Å². The average Bonchev–Trinajstić information content (AvgIpc) is 2.27. The van der Waals surface area contributed by atoms with Crippen molar-refractivity contribution in [3.63, 3.8) is 0 Å². The highest BCUT2D eigenvalue weighted by Crippen LogP contribution is 2.31. The quantitative estimate of drug-likeness (QED) is 0.465. The third-order valence-corrected chi connectivity index (χ3v) is 3.04. The van der Waals surface area contributed by atoms with Gasteiger partial charge >= 0.3 is 5.97 Å². The van der Waals surface area contributed by atoms with Crippen LogP contribution in [-0.4, -0.2) is 17.6 Å². The fraction of sp³-hybridized carbons (Fsp3) is 0.455. The van der Waals surface area contributed by atoms with Gasteiger partial charge in [0, 0.05) is 5.33 Å². The van der Waals surface area contributed by atoms with Crippen LogP contribution in [0.3, 0.4) is 0 Å². The van der Waals surface area contributed by atoms with Crippen LogP contribution in [0.15, 0.2) is 6.07 Å². The number of carbonyl (C=O) groups is 1. The van der Waals surface area contributed by atoms with Crippen molar-refractivity contribution >= 4 is 33.5 Å². The minimum atomic E-state index is -2.70. The largest absolute Gasteiger partial charge is 0.466 e. The lowest BCUT2D eigenvalue weighted by Gasteiger charge is -2.10. The van der Waals surface area contributed by atoms with Gasteiger partial charge in [-0.1, -0.05) is 27.5 Å². The Morgan fingerprint density at radius 2 is 2.28 bits per heavy atom. The Balaban J connectivity index is 3.03. The van der Waals surface area contributed by atoms with Crippen LogP contribution < -0.4 is 0 Å². The zero-order chi connectivity index (χ0) is 13.7. The Bertz CT molecular complexity index is 443. The molecule has 0 unspecified atom stereocenters. The lowest BCUT2D eigenvalue weighted by atomic mass is 10.1. The van der Waals surface area contributed by atoms with Gasteiger partial charge in [-0.15, -0.1) is 0 Å². The number of ether oxygens (including phenoxy) is 1. The molecule has 0 amide bonds. The molecule has 0 atom stereocenters. The van der Waals surface area contributed by atoms with E-state index in [1.54, 1.807) is 6.92 Å². The SMILES string of the molecule is CCOC(=O)Cc1cc(CBr)c(C(F)F)c(Cl)n1. The van der Waals surface area contributed by atoms with Crippen LogP contribution in [0, 0.1) is 0 Å². The summed E-state index contributed by atoms with van der Waals surface area (Å²) in [6.07, 6.45) is -2.79. The Hall–Kier alpha value is -0.750. The van der Waals surface area contributed by atoms with Gasteiger partial charge in [-0.3, -0.25) is 4.79 Å². The van der Waals surface area contributed by atoms with Crippen LogP contribution in [0.25, 0.3) is 0 Å². The number of aromatic nitrogens is 1. The molecule has 100 valence electrons. The molecule has 0 radical (unpaired) electrons. The number of nitrogens with zero attached hydrogens (tertiary/aromatic N) is 1. The first-order chi connectivity index (χ1) is 8.49. The summed E-state index contributed by atoms with van der Waals surface area (Å²) in [7, 11) is 0. The number of pyridine rings is 1. The highest BCUT2D eigenvalue weighted by molar-refractivity contribution is 9.08. The number of halogens is 4. The summed E-state index contributed by atoms with van der Waals surface area (Å²) in [5, 5.41) is -0.0636. The van der Waals surface area contributed by atoms with E-state index in [1.807, 2.05) is 0 Å². The molecule has 1 aromatic rings.